The number of carbonyl (C=O) groups is 2. The van der Waals surface area contributed by atoms with Crippen molar-refractivity contribution >= 4 is 35.0 Å². The Kier molecular flexibility index (Phi) is 4.44. The smallest absolute Gasteiger partial charge is 0.328 e. The average Bonchev–Trinajstić information content (AvgIpc) is 2.89. The molecule has 0 aliphatic heterocycles. The van der Waals surface area contributed by atoms with Gasteiger partial charge in [0.05, 0.1) is 4.88 Å². The molecule has 0 aliphatic carbocycles. The number of benzene rings is 1. The minimum Gasteiger partial charge on any atom is -0.478 e. The molecular weight excluding hydrogens is 300 g/mol. The normalized spacial score (nSPS) is 10.8. The summed E-state index contributed by atoms with van der Waals surface area (Å²) in [5.41, 5.74) is 0.544. The molecule has 0 atom stereocenters. The third-order valence-electron chi connectivity index (χ3n) is 2.48. The van der Waals surface area contributed by atoms with Crippen LogP contribution in [0.4, 0.5) is 14.5 Å². The monoisotopic (exact) mass is 309 g/mol. The van der Waals surface area contributed by atoms with Gasteiger partial charge >= 0.3 is 5.97 Å². The summed E-state index contributed by atoms with van der Waals surface area (Å²) in [7, 11) is 0. The van der Waals surface area contributed by atoms with Gasteiger partial charge in [0.25, 0.3) is 5.91 Å². The lowest BCUT2D eigenvalue weighted by molar-refractivity contribution is -0.131. The molecule has 0 radical (unpaired) electrons. The van der Waals surface area contributed by atoms with E-state index < -0.39 is 23.5 Å². The summed E-state index contributed by atoms with van der Waals surface area (Å²) in [6.45, 7) is 0. The van der Waals surface area contributed by atoms with Crippen LogP contribution in [0.15, 0.2) is 35.7 Å². The highest BCUT2D eigenvalue weighted by Gasteiger charge is 2.13. The topological polar surface area (TPSA) is 66.4 Å². The summed E-state index contributed by atoms with van der Waals surface area (Å²) in [6, 6.07) is 4.60. The number of rotatable bonds is 4. The van der Waals surface area contributed by atoms with Crippen molar-refractivity contribution in [1.82, 2.24) is 0 Å². The number of thiophene rings is 1. The number of carboxylic acids is 1. The summed E-state index contributed by atoms with van der Waals surface area (Å²) in [6.07, 6.45) is 2.20. The Morgan fingerprint density at radius 3 is 2.62 bits per heavy atom. The van der Waals surface area contributed by atoms with Crippen LogP contribution in [0.5, 0.6) is 0 Å². The first-order valence-corrected chi connectivity index (χ1v) is 6.60. The second kappa shape index (κ2) is 6.27. The molecule has 1 aromatic carbocycles. The molecule has 7 heteroatoms. The van der Waals surface area contributed by atoms with Crippen LogP contribution < -0.4 is 5.32 Å². The molecule has 1 aromatic heterocycles. The van der Waals surface area contributed by atoms with E-state index in [0.717, 1.165) is 29.5 Å². The molecule has 0 bridgehead atoms. The summed E-state index contributed by atoms with van der Waals surface area (Å²) < 4.78 is 25.9. The molecule has 0 unspecified atom stereocenters. The first-order valence-electron chi connectivity index (χ1n) is 5.72. The fourth-order valence-electron chi connectivity index (χ4n) is 1.56. The van der Waals surface area contributed by atoms with E-state index in [4.69, 9.17) is 5.11 Å². The fraction of sp³-hybridized carbons (Fsp3) is 0. The van der Waals surface area contributed by atoms with Crippen molar-refractivity contribution in [2.45, 2.75) is 0 Å². The highest BCUT2D eigenvalue weighted by molar-refractivity contribution is 7.12. The first kappa shape index (κ1) is 14.9. The SMILES string of the molecule is O=C(O)C=Cc1ccsc1C(=O)Nc1ccc(F)c(F)c1. The zero-order valence-corrected chi connectivity index (χ0v) is 11.3. The number of halogens is 2. The van der Waals surface area contributed by atoms with Crippen LogP contribution in [-0.2, 0) is 4.79 Å². The predicted octanol–water partition coefficient (Wildman–Crippen LogP) is 3.38. The number of carbonyl (C=O) groups excluding carboxylic acids is 1. The molecule has 0 aliphatic rings. The Hall–Kier alpha value is -2.54. The third kappa shape index (κ3) is 3.73. The van der Waals surface area contributed by atoms with Gasteiger partial charge in [-0.1, -0.05) is 0 Å². The highest BCUT2D eigenvalue weighted by Crippen LogP contribution is 2.21. The molecular formula is C14H9F2NO3S. The molecule has 2 rings (SSSR count). The molecule has 0 fully saturated rings. The maximum atomic E-state index is 13.1. The summed E-state index contributed by atoms with van der Waals surface area (Å²) in [5, 5.41) is 12.6. The summed E-state index contributed by atoms with van der Waals surface area (Å²) >= 11 is 1.11. The Morgan fingerprint density at radius 2 is 1.95 bits per heavy atom. The molecule has 0 saturated carbocycles. The number of carboxylic acid groups (broad SMARTS) is 1. The van der Waals surface area contributed by atoms with E-state index in [2.05, 4.69) is 5.32 Å². The van der Waals surface area contributed by atoms with Crippen molar-refractivity contribution in [3.63, 3.8) is 0 Å². The van der Waals surface area contributed by atoms with E-state index in [1.807, 2.05) is 0 Å². The minimum atomic E-state index is -1.13. The Balaban J connectivity index is 2.19. The number of anilines is 1. The predicted molar refractivity (Wildman–Crippen MR) is 75.3 cm³/mol. The Labute approximate surface area is 122 Å². The lowest BCUT2D eigenvalue weighted by Gasteiger charge is -2.05. The molecule has 108 valence electrons. The van der Waals surface area contributed by atoms with Gasteiger partial charge in [0, 0.05) is 17.8 Å². The Morgan fingerprint density at radius 1 is 1.19 bits per heavy atom. The lowest BCUT2D eigenvalue weighted by atomic mass is 10.2. The number of nitrogens with one attached hydrogen (secondary N) is 1. The van der Waals surface area contributed by atoms with Crippen LogP contribution in [0, 0.1) is 11.6 Å². The van der Waals surface area contributed by atoms with Crippen LogP contribution in [0.3, 0.4) is 0 Å². The van der Waals surface area contributed by atoms with Gasteiger partial charge in [-0.25, -0.2) is 13.6 Å². The van der Waals surface area contributed by atoms with Crippen molar-refractivity contribution in [3.05, 3.63) is 57.8 Å². The standard InChI is InChI=1S/C14H9F2NO3S/c15-10-3-2-9(7-11(10)16)17-14(20)13-8(5-6-21-13)1-4-12(18)19/h1-7H,(H,17,20)(H,18,19). The molecule has 1 amide bonds. The van der Waals surface area contributed by atoms with E-state index >= 15 is 0 Å². The van der Waals surface area contributed by atoms with Gasteiger partial charge in [0.1, 0.15) is 0 Å². The zero-order chi connectivity index (χ0) is 15.4. The molecule has 21 heavy (non-hydrogen) atoms. The number of hydrogen-bond acceptors (Lipinski definition) is 3. The Bertz CT molecular complexity index is 725. The summed E-state index contributed by atoms with van der Waals surface area (Å²) in [5.74, 6) is -3.73. The van der Waals surface area contributed by atoms with E-state index in [1.54, 1.807) is 11.4 Å². The minimum absolute atomic E-state index is 0.112. The lowest BCUT2D eigenvalue weighted by Crippen LogP contribution is -2.11. The van der Waals surface area contributed by atoms with E-state index in [1.165, 1.54) is 12.1 Å². The first-order chi connectivity index (χ1) is 9.97. The van der Waals surface area contributed by atoms with Gasteiger partial charge in [0.15, 0.2) is 11.6 Å². The van der Waals surface area contributed by atoms with Crippen LogP contribution in [0.25, 0.3) is 6.08 Å². The molecule has 0 saturated heterocycles. The molecule has 2 aromatic rings. The van der Waals surface area contributed by atoms with E-state index in [9.17, 15) is 18.4 Å². The number of aliphatic carboxylic acids is 1. The largest absolute Gasteiger partial charge is 0.478 e. The van der Waals surface area contributed by atoms with Gasteiger partial charge in [0.2, 0.25) is 0 Å². The van der Waals surface area contributed by atoms with E-state index in [0.29, 0.717) is 5.56 Å². The van der Waals surface area contributed by atoms with Crippen molar-refractivity contribution in [2.24, 2.45) is 0 Å². The molecule has 1 heterocycles. The van der Waals surface area contributed by atoms with Crippen molar-refractivity contribution < 1.29 is 23.5 Å². The second-order valence-corrected chi connectivity index (χ2v) is 4.88. The highest BCUT2D eigenvalue weighted by atomic mass is 32.1. The maximum Gasteiger partial charge on any atom is 0.328 e. The van der Waals surface area contributed by atoms with Crippen molar-refractivity contribution in [3.8, 4) is 0 Å². The quantitative estimate of drug-likeness (QED) is 0.851. The number of hydrogen-bond donors (Lipinski definition) is 2. The molecule has 2 N–H and O–H groups in total. The van der Waals surface area contributed by atoms with Crippen LogP contribution in [0.2, 0.25) is 0 Å². The van der Waals surface area contributed by atoms with Crippen molar-refractivity contribution in [2.75, 3.05) is 5.32 Å². The average molecular weight is 309 g/mol. The molecule has 0 spiro atoms. The second-order valence-electron chi connectivity index (χ2n) is 3.96. The van der Waals surface area contributed by atoms with Crippen LogP contribution >= 0.6 is 11.3 Å². The van der Waals surface area contributed by atoms with Crippen LogP contribution in [-0.4, -0.2) is 17.0 Å². The third-order valence-corrected chi connectivity index (χ3v) is 3.41. The van der Waals surface area contributed by atoms with Gasteiger partial charge in [-0.3, -0.25) is 4.79 Å². The fourth-order valence-corrected chi connectivity index (χ4v) is 2.34. The molecule has 4 nitrogen and oxygen atoms in total. The van der Waals surface area contributed by atoms with Gasteiger partial charge < -0.3 is 10.4 Å². The van der Waals surface area contributed by atoms with Gasteiger partial charge in [-0.2, -0.15) is 0 Å². The van der Waals surface area contributed by atoms with Crippen LogP contribution in [0.1, 0.15) is 15.2 Å². The van der Waals surface area contributed by atoms with Gasteiger partial charge in [-0.15, -0.1) is 11.3 Å². The zero-order valence-electron chi connectivity index (χ0n) is 10.5. The summed E-state index contributed by atoms with van der Waals surface area (Å²) in [4.78, 5) is 22.8. The van der Waals surface area contributed by atoms with Gasteiger partial charge in [-0.05, 0) is 35.2 Å². The maximum absolute atomic E-state index is 13.1. The van der Waals surface area contributed by atoms with E-state index in [-0.39, 0.29) is 10.6 Å². The van der Waals surface area contributed by atoms with Crippen molar-refractivity contribution in [1.29, 1.82) is 0 Å². The number of amides is 1.